The number of nitrogens with zero attached hydrogens (tertiary/aromatic N) is 2. The van der Waals surface area contributed by atoms with Crippen LogP contribution in [0.3, 0.4) is 0 Å². The molecule has 10 heavy (non-hydrogen) atoms. The first-order valence-corrected chi connectivity index (χ1v) is 6.24. The zero-order valence-electron chi connectivity index (χ0n) is 6.54. The number of hydrogen-bond acceptors (Lipinski definition) is 1. The highest BCUT2D eigenvalue weighted by Gasteiger charge is 1.98. The van der Waals surface area contributed by atoms with E-state index in [1.54, 1.807) is 0 Å². The first-order valence-electron chi connectivity index (χ1n) is 3.54. The van der Waals surface area contributed by atoms with Gasteiger partial charge >= 0.3 is 0 Å². The van der Waals surface area contributed by atoms with Crippen molar-refractivity contribution < 1.29 is 0 Å². The largest absolute Gasteiger partial charge is 0.334 e. The fraction of sp³-hybridized carbons (Fsp3) is 0.571. The van der Waals surface area contributed by atoms with Crippen molar-refractivity contribution in [3.63, 3.8) is 0 Å². The van der Waals surface area contributed by atoms with Crippen molar-refractivity contribution in [2.75, 3.05) is 19.5 Å². The molecule has 0 aliphatic heterocycles. The molecule has 2 nitrogen and oxygen atoms in total. The van der Waals surface area contributed by atoms with Crippen molar-refractivity contribution in [3.05, 3.63) is 18.7 Å². The Kier molecular flexibility index (Phi) is 2.88. The van der Waals surface area contributed by atoms with Crippen LogP contribution in [0, 0.1) is 0 Å². The third-order valence-corrected chi connectivity index (χ3v) is 2.65. The maximum Gasteiger partial charge on any atom is 0.0947 e. The lowest BCUT2D eigenvalue weighted by Gasteiger charge is -1.99. The average Bonchev–Trinajstić information content (AvgIpc) is 2.34. The number of rotatable bonds is 3. The lowest BCUT2D eigenvalue weighted by Crippen LogP contribution is -1.97. The summed E-state index contributed by atoms with van der Waals surface area (Å²) in [5.41, 5.74) is 0. The number of aromatic nitrogens is 2. The van der Waals surface area contributed by atoms with Gasteiger partial charge in [-0.2, -0.15) is 0 Å². The molecule has 0 spiro atoms. The number of hydrogen-bond donors (Lipinski definition) is 0. The van der Waals surface area contributed by atoms with Crippen LogP contribution in [0.5, 0.6) is 0 Å². The van der Waals surface area contributed by atoms with Crippen LogP contribution in [-0.4, -0.2) is 29.0 Å². The third-order valence-electron chi connectivity index (χ3n) is 1.43. The summed E-state index contributed by atoms with van der Waals surface area (Å²) >= 11 is 0. The lowest BCUT2D eigenvalue weighted by molar-refractivity contribution is 0.767. The molecule has 0 unspecified atom stereocenters. The van der Waals surface area contributed by atoms with Crippen LogP contribution in [0.1, 0.15) is 0 Å². The minimum Gasteiger partial charge on any atom is -0.334 e. The fourth-order valence-corrected chi connectivity index (χ4v) is 1.48. The van der Waals surface area contributed by atoms with E-state index in [0.29, 0.717) is 0 Å². The number of imidazole rings is 1. The van der Waals surface area contributed by atoms with Gasteiger partial charge in [-0.05, 0) is 7.92 Å². The molecule has 0 radical (unpaired) electrons. The molecule has 1 rings (SSSR count). The van der Waals surface area contributed by atoms with Crippen molar-refractivity contribution >= 4 is 7.92 Å². The summed E-state index contributed by atoms with van der Waals surface area (Å²) < 4.78 is 2.14. The quantitative estimate of drug-likeness (QED) is 0.606. The fourth-order valence-electron chi connectivity index (χ4n) is 0.772. The van der Waals surface area contributed by atoms with Gasteiger partial charge in [-0.15, -0.1) is 0 Å². The molecule has 56 valence electrons. The molecule has 0 atom stereocenters. The van der Waals surface area contributed by atoms with Gasteiger partial charge in [0.2, 0.25) is 0 Å². The van der Waals surface area contributed by atoms with Crippen molar-refractivity contribution in [2.24, 2.45) is 0 Å². The molecule has 0 aliphatic carbocycles. The van der Waals surface area contributed by atoms with Crippen molar-refractivity contribution in [2.45, 2.75) is 6.54 Å². The highest BCUT2D eigenvalue weighted by atomic mass is 31.1. The summed E-state index contributed by atoms with van der Waals surface area (Å²) in [6.45, 7) is 5.81. The summed E-state index contributed by atoms with van der Waals surface area (Å²) in [6.07, 6.45) is 7.06. The smallest absolute Gasteiger partial charge is 0.0947 e. The van der Waals surface area contributed by atoms with Crippen LogP contribution in [0.25, 0.3) is 0 Å². The van der Waals surface area contributed by atoms with Crippen LogP contribution in [-0.2, 0) is 6.54 Å². The molecule has 1 aromatic rings. The van der Waals surface area contributed by atoms with Gasteiger partial charge in [0.05, 0.1) is 19.0 Å². The normalized spacial score (nSPS) is 10.7. The second-order valence-corrected chi connectivity index (χ2v) is 5.67. The van der Waals surface area contributed by atoms with E-state index in [1.807, 2.05) is 18.7 Å². The Morgan fingerprint density at radius 2 is 2.30 bits per heavy atom. The zero-order valence-corrected chi connectivity index (χ0v) is 7.54. The Morgan fingerprint density at radius 3 is 2.80 bits per heavy atom. The maximum absolute atomic E-state index is 3.97. The summed E-state index contributed by atoms with van der Waals surface area (Å²) in [5.74, 6) is 0. The van der Waals surface area contributed by atoms with Gasteiger partial charge in [-0.25, -0.2) is 4.98 Å². The molecule has 0 bridgehead atoms. The Balaban J connectivity index is 2.28. The average molecular weight is 157 g/mol. The van der Waals surface area contributed by atoms with Crippen LogP contribution in [0.2, 0.25) is 0 Å². The minimum atomic E-state index is -0.0589. The summed E-state index contributed by atoms with van der Waals surface area (Å²) in [4.78, 5) is 3.97. The van der Waals surface area contributed by atoms with E-state index in [4.69, 9.17) is 0 Å². The standard InChI is InChI=1S/C7H13N2P/c1-10(2)6-5-9-4-3-8-7-9/h3-4,7H,5-6H2,1-2H3/p+1. The van der Waals surface area contributed by atoms with Crippen LogP contribution in [0.4, 0.5) is 0 Å². The van der Waals surface area contributed by atoms with E-state index in [-0.39, 0.29) is 7.92 Å². The van der Waals surface area contributed by atoms with E-state index < -0.39 is 0 Å². The summed E-state index contributed by atoms with van der Waals surface area (Å²) in [7, 11) is -0.0589. The van der Waals surface area contributed by atoms with Crippen LogP contribution in [0.15, 0.2) is 18.7 Å². The van der Waals surface area contributed by atoms with Gasteiger partial charge < -0.3 is 4.57 Å². The molecule has 0 aliphatic rings. The minimum absolute atomic E-state index is 0.0589. The van der Waals surface area contributed by atoms with Crippen molar-refractivity contribution in [1.29, 1.82) is 0 Å². The molecule has 0 aromatic carbocycles. The van der Waals surface area contributed by atoms with Gasteiger partial charge in [0, 0.05) is 25.7 Å². The Hall–Kier alpha value is -0.360. The molecule has 1 heterocycles. The van der Waals surface area contributed by atoms with E-state index in [1.165, 1.54) is 6.16 Å². The molecular weight excluding hydrogens is 143 g/mol. The van der Waals surface area contributed by atoms with Crippen molar-refractivity contribution in [1.82, 2.24) is 9.55 Å². The highest BCUT2D eigenvalue weighted by Crippen LogP contribution is 2.23. The second kappa shape index (κ2) is 3.72. The maximum atomic E-state index is 3.97. The zero-order chi connectivity index (χ0) is 7.40. The lowest BCUT2D eigenvalue weighted by atomic mass is 10.7. The van der Waals surface area contributed by atoms with Gasteiger partial charge in [-0.3, -0.25) is 0 Å². The molecular formula is C7H14N2P+. The van der Waals surface area contributed by atoms with E-state index in [0.717, 1.165) is 6.54 Å². The Morgan fingerprint density at radius 1 is 1.50 bits per heavy atom. The van der Waals surface area contributed by atoms with Crippen molar-refractivity contribution in [3.8, 4) is 0 Å². The molecule has 0 saturated carbocycles. The molecule has 0 amide bonds. The summed E-state index contributed by atoms with van der Waals surface area (Å²) in [6, 6.07) is 0. The van der Waals surface area contributed by atoms with Gasteiger partial charge in [-0.1, -0.05) is 0 Å². The summed E-state index contributed by atoms with van der Waals surface area (Å²) in [5, 5.41) is 0. The molecule has 3 heteroatoms. The SMILES string of the molecule is C[PH+](C)CCn1ccnc1. The van der Waals surface area contributed by atoms with E-state index in [9.17, 15) is 0 Å². The number of aryl methyl sites for hydroxylation is 1. The first-order chi connectivity index (χ1) is 4.79. The predicted molar refractivity (Wildman–Crippen MR) is 47.3 cm³/mol. The predicted octanol–water partition coefficient (Wildman–Crippen LogP) is 1.36. The van der Waals surface area contributed by atoms with Gasteiger partial charge in [0.1, 0.15) is 0 Å². The first kappa shape index (κ1) is 7.74. The van der Waals surface area contributed by atoms with Gasteiger partial charge in [0.15, 0.2) is 0 Å². The second-order valence-electron chi connectivity index (χ2n) is 2.76. The monoisotopic (exact) mass is 157 g/mol. The third kappa shape index (κ3) is 2.49. The van der Waals surface area contributed by atoms with E-state index >= 15 is 0 Å². The van der Waals surface area contributed by atoms with Gasteiger partial charge in [0.25, 0.3) is 0 Å². The highest BCUT2D eigenvalue weighted by molar-refractivity contribution is 7.55. The van der Waals surface area contributed by atoms with Crippen LogP contribution < -0.4 is 0 Å². The van der Waals surface area contributed by atoms with E-state index in [2.05, 4.69) is 22.9 Å². The Bertz CT molecular complexity index is 170. The molecule has 1 aromatic heterocycles. The molecule has 0 saturated heterocycles. The van der Waals surface area contributed by atoms with Crippen LogP contribution >= 0.6 is 7.92 Å². The molecule has 0 fully saturated rings. The topological polar surface area (TPSA) is 17.8 Å². The Labute approximate surface area is 63.0 Å². The molecule has 0 N–H and O–H groups in total.